The van der Waals surface area contributed by atoms with E-state index in [1.165, 1.54) is 5.56 Å². The predicted octanol–water partition coefficient (Wildman–Crippen LogP) is 3.23. The number of carbonyl (C=O) groups excluding carboxylic acids is 1. The third-order valence-electron chi connectivity index (χ3n) is 3.24. The molecule has 1 aliphatic heterocycles. The number of allylic oxidation sites excluding steroid dienone is 3. The van der Waals surface area contributed by atoms with Gasteiger partial charge < -0.3 is 14.8 Å². The van der Waals surface area contributed by atoms with Crippen LogP contribution < -0.4 is 14.8 Å². The summed E-state index contributed by atoms with van der Waals surface area (Å²) in [6, 6.07) is 5.92. The number of aryl methyl sites for hydroxylation is 1. The molecule has 1 heterocycles. The smallest absolute Gasteiger partial charge is 0.243 e. The summed E-state index contributed by atoms with van der Waals surface area (Å²) in [5.41, 5.74) is 1.18. The monoisotopic (exact) mass is 301 g/mol. The van der Waals surface area contributed by atoms with Gasteiger partial charge in [0.25, 0.3) is 0 Å². The molecule has 1 aromatic carbocycles. The molecule has 0 aliphatic carbocycles. The zero-order valence-corrected chi connectivity index (χ0v) is 13.2. The lowest BCUT2D eigenvalue weighted by Gasteiger charge is -2.18. The lowest BCUT2D eigenvalue weighted by Crippen LogP contribution is -2.25. The maximum absolute atomic E-state index is 11.5. The number of rotatable bonds is 7. The number of nitrogens with one attached hydrogen (secondary N) is 1. The van der Waals surface area contributed by atoms with E-state index in [1.807, 2.05) is 30.4 Å². The van der Waals surface area contributed by atoms with Crippen molar-refractivity contribution in [1.82, 2.24) is 5.32 Å². The minimum absolute atomic E-state index is 0.0493. The number of ether oxygens (including phenoxy) is 2. The summed E-state index contributed by atoms with van der Waals surface area (Å²) < 4.78 is 10.7. The molecule has 1 N–H and O–H groups in total. The fraction of sp³-hybridized carbons (Fsp3) is 0.389. The SMILES string of the molecule is CC(C)CNC(=O)/C=C/C=C/CCc1ccc2cc1OCO2. The van der Waals surface area contributed by atoms with Crippen LogP contribution in [0.2, 0.25) is 0 Å². The highest BCUT2D eigenvalue weighted by molar-refractivity contribution is 5.87. The van der Waals surface area contributed by atoms with Gasteiger partial charge in [-0.2, -0.15) is 0 Å². The van der Waals surface area contributed by atoms with Crippen LogP contribution in [0.3, 0.4) is 0 Å². The van der Waals surface area contributed by atoms with Crippen molar-refractivity contribution in [3.63, 3.8) is 0 Å². The van der Waals surface area contributed by atoms with Crippen molar-refractivity contribution >= 4 is 5.91 Å². The van der Waals surface area contributed by atoms with Crippen LogP contribution in [0.5, 0.6) is 11.5 Å². The van der Waals surface area contributed by atoms with E-state index in [0.29, 0.717) is 19.3 Å². The van der Waals surface area contributed by atoms with E-state index in [-0.39, 0.29) is 5.91 Å². The van der Waals surface area contributed by atoms with Crippen LogP contribution in [0, 0.1) is 5.92 Å². The summed E-state index contributed by atoms with van der Waals surface area (Å²) in [5.74, 6) is 2.18. The van der Waals surface area contributed by atoms with Gasteiger partial charge in [-0.1, -0.05) is 38.1 Å². The highest BCUT2D eigenvalue weighted by Gasteiger charge is 2.10. The molecule has 0 aromatic heterocycles. The lowest BCUT2D eigenvalue weighted by atomic mass is 10.1. The summed E-state index contributed by atoms with van der Waals surface area (Å²) >= 11 is 0. The molecule has 0 saturated heterocycles. The highest BCUT2D eigenvalue weighted by Crippen LogP contribution is 2.29. The first kappa shape index (κ1) is 16.1. The molecule has 2 rings (SSSR count). The molecule has 2 bridgehead atoms. The van der Waals surface area contributed by atoms with Crippen molar-refractivity contribution < 1.29 is 14.3 Å². The number of carbonyl (C=O) groups is 1. The summed E-state index contributed by atoms with van der Waals surface area (Å²) in [5, 5.41) is 2.84. The Kier molecular flexibility index (Phi) is 6.07. The Morgan fingerprint density at radius 2 is 2.18 bits per heavy atom. The molecule has 4 nitrogen and oxygen atoms in total. The van der Waals surface area contributed by atoms with Crippen LogP contribution in [-0.4, -0.2) is 19.2 Å². The molecule has 0 fully saturated rings. The van der Waals surface area contributed by atoms with E-state index in [4.69, 9.17) is 9.47 Å². The van der Waals surface area contributed by atoms with Crippen molar-refractivity contribution in [2.75, 3.05) is 13.3 Å². The van der Waals surface area contributed by atoms with Crippen LogP contribution in [0.1, 0.15) is 25.8 Å². The van der Waals surface area contributed by atoms with Crippen molar-refractivity contribution in [1.29, 1.82) is 0 Å². The van der Waals surface area contributed by atoms with E-state index < -0.39 is 0 Å². The van der Waals surface area contributed by atoms with Crippen LogP contribution in [-0.2, 0) is 11.2 Å². The molecular formula is C18H23NO3. The first-order valence-electron chi connectivity index (χ1n) is 7.64. The van der Waals surface area contributed by atoms with Gasteiger partial charge in [0.2, 0.25) is 12.7 Å². The van der Waals surface area contributed by atoms with E-state index >= 15 is 0 Å². The van der Waals surface area contributed by atoms with Crippen molar-refractivity contribution in [3.05, 3.63) is 48.1 Å². The third kappa shape index (κ3) is 5.28. The van der Waals surface area contributed by atoms with Crippen molar-refractivity contribution in [3.8, 4) is 11.5 Å². The molecule has 22 heavy (non-hydrogen) atoms. The first-order valence-corrected chi connectivity index (χ1v) is 7.64. The van der Waals surface area contributed by atoms with Gasteiger partial charge in [-0.05, 0) is 30.4 Å². The van der Waals surface area contributed by atoms with Crippen molar-refractivity contribution in [2.24, 2.45) is 5.92 Å². The van der Waals surface area contributed by atoms with Gasteiger partial charge in [-0.3, -0.25) is 4.79 Å². The molecule has 1 aromatic rings. The van der Waals surface area contributed by atoms with Gasteiger partial charge >= 0.3 is 0 Å². The number of benzene rings is 1. The fourth-order valence-electron chi connectivity index (χ4n) is 2.05. The minimum Gasteiger partial charge on any atom is -0.457 e. The van der Waals surface area contributed by atoms with Gasteiger partial charge in [0.05, 0.1) is 0 Å². The Balaban J connectivity index is 1.71. The van der Waals surface area contributed by atoms with E-state index in [9.17, 15) is 4.79 Å². The molecular weight excluding hydrogens is 278 g/mol. The van der Waals surface area contributed by atoms with Gasteiger partial charge in [-0.25, -0.2) is 0 Å². The average molecular weight is 301 g/mol. The maximum Gasteiger partial charge on any atom is 0.243 e. The predicted molar refractivity (Wildman–Crippen MR) is 87.0 cm³/mol. The van der Waals surface area contributed by atoms with E-state index in [2.05, 4.69) is 19.2 Å². The molecule has 118 valence electrons. The average Bonchev–Trinajstić information content (AvgIpc) is 2.51. The number of fused-ring (bicyclic) bond motifs is 2. The Morgan fingerprint density at radius 1 is 1.32 bits per heavy atom. The second-order valence-electron chi connectivity index (χ2n) is 5.64. The van der Waals surface area contributed by atoms with E-state index in [0.717, 1.165) is 24.3 Å². The Hall–Kier alpha value is -2.23. The molecule has 0 saturated carbocycles. The second kappa shape index (κ2) is 8.27. The van der Waals surface area contributed by atoms with Gasteiger partial charge in [-0.15, -0.1) is 0 Å². The summed E-state index contributed by atoms with van der Waals surface area (Å²) in [6.07, 6.45) is 9.07. The third-order valence-corrected chi connectivity index (χ3v) is 3.24. The van der Waals surface area contributed by atoms with Gasteiger partial charge in [0, 0.05) is 18.7 Å². The summed E-state index contributed by atoms with van der Waals surface area (Å²) in [4.78, 5) is 11.5. The molecule has 1 amide bonds. The largest absolute Gasteiger partial charge is 0.457 e. The number of hydrogen-bond donors (Lipinski definition) is 1. The Bertz CT molecular complexity index is 561. The van der Waals surface area contributed by atoms with Crippen molar-refractivity contribution in [2.45, 2.75) is 26.7 Å². The Labute approximate surface area is 131 Å². The molecule has 4 heteroatoms. The van der Waals surface area contributed by atoms with Gasteiger partial charge in [0.15, 0.2) is 0 Å². The maximum atomic E-state index is 11.5. The first-order chi connectivity index (χ1) is 10.6. The quantitative estimate of drug-likeness (QED) is 0.621. The standard InChI is InChI=1S/C18H23NO3/c1-14(2)12-19-18(20)8-6-4-3-5-7-15-9-10-16-11-17(15)22-13-21-16/h3-4,6,8-11,14H,5,7,12-13H2,1-2H3,(H,19,20)/b4-3+,8-6+. The zero-order chi connectivity index (χ0) is 15.8. The van der Waals surface area contributed by atoms with Crippen LogP contribution in [0.25, 0.3) is 0 Å². The molecule has 0 spiro atoms. The summed E-state index contributed by atoms with van der Waals surface area (Å²) in [6.45, 7) is 5.13. The van der Waals surface area contributed by atoms with E-state index in [1.54, 1.807) is 12.2 Å². The molecule has 0 atom stereocenters. The molecule has 1 aliphatic rings. The number of amides is 1. The highest BCUT2D eigenvalue weighted by atomic mass is 16.7. The normalized spacial score (nSPS) is 13.4. The zero-order valence-electron chi connectivity index (χ0n) is 13.2. The second-order valence-corrected chi connectivity index (χ2v) is 5.64. The van der Waals surface area contributed by atoms with Gasteiger partial charge in [0.1, 0.15) is 11.5 Å². The van der Waals surface area contributed by atoms with Crippen LogP contribution in [0.15, 0.2) is 42.5 Å². The fourth-order valence-corrected chi connectivity index (χ4v) is 2.05. The van der Waals surface area contributed by atoms with Crippen LogP contribution >= 0.6 is 0 Å². The summed E-state index contributed by atoms with van der Waals surface area (Å²) in [7, 11) is 0. The Morgan fingerprint density at radius 3 is 3.00 bits per heavy atom. The minimum atomic E-state index is -0.0493. The lowest BCUT2D eigenvalue weighted by molar-refractivity contribution is -0.116. The molecule has 0 radical (unpaired) electrons. The molecule has 0 unspecified atom stereocenters. The topological polar surface area (TPSA) is 47.6 Å². The van der Waals surface area contributed by atoms with Crippen LogP contribution in [0.4, 0.5) is 0 Å². The number of hydrogen-bond acceptors (Lipinski definition) is 3.